The number of methoxy groups -OCH3 is 1. The van der Waals surface area contributed by atoms with Gasteiger partial charge in [0.1, 0.15) is 17.3 Å². The number of amides is 1. The first kappa shape index (κ1) is 13.8. The van der Waals surface area contributed by atoms with Gasteiger partial charge in [0, 0.05) is 13.0 Å². The molecule has 4 nitrogen and oxygen atoms in total. The largest absolute Gasteiger partial charge is 0.464 e. The normalized spacial score (nSPS) is 11.0. The van der Waals surface area contributed by atoms with Crippen LogP contribution in [0.4, 0.5) is 8.78 Å². The quantitative estimate of drug-likeness (QED) is 0.659. The number of halogens is 2. The summed E-state index contributed by atoms with van der Waals surface area (Å²) in [6, 6.07) is 2.75. The van der Waals surface area contributed by atoms with E-state index >= 15 is 0 Å². The number of hydrogen-bond acceptors (Lipinski definition) is 3. The molecule has 0 fully saturated rings. The molecule has 18 heavy (non-hydrogen) atoms. The monoisotopic (exact) mass is 255 g/mol. The number of carbonyl (C=O) groups is 2. The Hall–Kier alpha value is -2.24. The van der Waals surface area contributed by atoms with E-state index in [0.717, 1.165) is 25.3 Å². The summed E-state index contributed by atoms with van der Waals surface area (Å²) in [5.74, 6) is -2.88. The summed E-state index contributed by atoms with van der Waals surface area (Å²) in [7, 11) is 1.13. The summed E-state index contributed by atoms with van der Waals surface area (Å²) in [6.07, 6.45) is 1.12. The van der Waals surface area contributed by atoms with E-state index < -0.39 is 23.5 Å². The van der Waals surface area contributed by atoms with Crippen LogP contribution in [0.3, 0.4) is 0 Å². The zero-order chi connectivity index (χ0) is 13.7. The lowest BCUT2D eigenvalue weighted by Gasteiger charge is -2.06. The maximum Gasteiger partial charge on any atom is 0.354 e. The second kappa shape index (κ2) is 5.90. The summed E-state index contributed by atoms with van der Waals surface area (Å²) in [4.78, 5) is 22.2. The lowest BCUT2D eigenvalue weighted by Crippen LogP contribution is -2.25. The molecule has 0 aliphatic carbocycles. The summed E-state index contributed by atoms with van der Waals surface area (Å²) in [5.41, 5.74) is -0.100. The number of rotatable bonds is 3. The molecule has 0 unspecified atom stereocenters. The van der Waals surface area contributed by atoms with E-state index in [4.69, 9.17) is 0 Å². The lowest BCUT2D eigenvalue weighted by molar-refractivity contribution is -0.137. The smallest absolute Gasteiger partial charge is 0.354 e. The van der Waals surface area contributed by atoms with Crippen LogP contribution in [0, 0.1) is 11.6 Å². The highest BCUT2D eigenvalue weighted by Crippen LogP contribution is 2.11. The number of nitrogens with one attached hydrogen (secondary N) is 1. The Morgan fingerprint density at radius 2 is 1.78 bits per heavy atom. The van der Waals surface area contributed by atoms with Crippen molar-refractivity contribution in [1.29, 1.82) is 0 Å². The third-order valence-electron chi connectivity index (χ3n) is 1.91. The summed E-state index contributed by atoms with van der Waals surface area (Å²) in [5, 5.41) is 2.22. The highest BCUT2D eigenvalue weighted by molar-refractivity contribution is 5.97. The highest BCUT2D eigenvalue weighted by atomic mass is 19.1. The zero-order valence-electron chi connectivity index (χ0n) is 9.79. The van der Waals surface area contributed by atoms with Crippen molar-refractivity contribution in [2.45, 2.75) is 6.92 Å². The number of carbonyl (C=O) groups excluding carboxylic acids is 2. The van der Waals surface area contributed by atoms with Gasteiger partial charge in [0.15, 0.2) is 0 Å². The minimum absolute atomic E-state index is 0.0988. The highest BCUT2D eigenvalue weighted by Gasteiger charge is 2.11. The average Bonchev–Trinajstić information content (AvgIpc) is 2.25. The second-order valence-electron chi connectivity index (χ2n) is 3.43. The number of esters is 1. The number of hydrogen-bond donors (Lipinski definition) is 1. The van der Waals surface area contributed by atoms with Gasteiger partial charge in [0.2, 0.25) is 5.91 Å². The fourth-order valence-corrected chi connectivity index (χ4v) is 1.27. The van der Waals surface area contributed by atoms with Crippen LogP contribution in [-0.4, -0.2) is 19.0 Å². The number of benzene rings is 1. The van der Waals surface area contributed by atoms with Crippen LogP contribution in [0.1, 0.15) is 12.5 Å². The molecule has 0 radical (unpaired) electrons. The summed E-state index contributed by atoms with van der Waals surface area (Å²) >= 11 is 0. The second-order valence-corrected chi connectivity index (χ2v) is 3.43. The van der Waals surface area contributed by atoms with E-state index in [0.29, 0.717) is 6.07 Å². The minimum Gasteiger partial charge on any atom is -0.464 e. The molecule has 1 aromatic rings. The molecule has 96 valence electrons. The van der Waals surface area contributed by atoms with Gasteiger partial charge in [-0.25, -0.2) is 13.6 Å². The first-order chi connectivity index (χ1) is 8.42. The number of ether oxygens (including phenoxy) is 1. The lowest BCUT2D eigenvalue weighted by atomic mass is 10.2. The van der Waals surface area contributed by atoms with Crippen LogP contribution >= 0.6 is 0 Å². The Labute approximate surface area is 102 Å². The van der Waals surface area contributed by atoms with Gasteiger partial charge in [-0.1, -0.05) is 0 Å². The fourth-order valence-electron chi connectivity index (χ4n) is 1.27. The van der Waals surface area contributed by atoms with E-state index in [1.54, 1.807) is 0 Å². The van der Waals surface area contributed by atoms with Crippen LogP contribution < -0.4 is 5.32 Å². The van der Waals surface area contributed by atoms with Crippen molar-refractivity contribution in [2.24, 2.45) is 0 Å². The Morgan fingerprint density at radius 3 is 2.22 bits per heavy atom. The van der Waals surface area contributed by atoms with Gasteiger partial charge >= 0.3 is 5.97 Å². The topological polar surface area (TPSA) is 55.4 Å². The van der Waals surface area contributed by atoms with E-state index in [-0.39, 0.29) is 11.3 Å². The van der Waals surface area contributed by atoms with Crippen molar-refractivity contribution in [3.8, 4) is 0 Å². The maximum absolute atomic E-state index is 13.0. The molecular formula is C12H11F2NO3. The molecule has 1 aromatic carbocycles. The first-order valence-electron chi connectivity index (χ1n) is 4.96. The Bertz CT molecular complexity index is 492. The van der Waals surface area contributed by atoms with Gasteiger partial charge in [-0.15, -0.1) is 0 Å². The molecule has 0 aliphatic heterocycles. The molecule has 0 aromatic heterocycles. The van der Waals surface area contributed by atoms with Crippen molar-refractivity contribution in [3.63, 3.8) is 0 Å². The van der Waals surface area contributed by atoms with Gasteiger partial charge in [0.05, 0.1) is 7.11 Å². The van der Waals surface area contributed by atoms with Crippen LogP contribution in [0.15, 0.2) is 23.9 Å². The Balaban J connectivity index is 3.13. The van der Waals surface area contributed by atoms with Gasteiger partial charge in [-0.3, -0.25) is 4.79 Å². The van der Waals surface area contributed by atoms with Crippen LogP contribution in [-0.2, 0) is 14.3 Å². The molecule has 0 saturated carbocycles. The van der Waals surface area contributed by atoms with E-state index in [2.05, 4.69) is 10.1 Å². The predicted octanol–water partition coefficient (Wildman–Crippen LogP) is 1.61. The molecular weight excluding hydrogens is 244 g/mol. The maximum atomic E-state index is 13.0. The Kier molecular flexibility index (Phi) is 4.53. The molecule has 0 atom stereocenters. The van der Waals surface area contributed by atoms with Gasteiger partial charge < -0.3 is 10.1 Å². The molecule has 1 rings (SSSR count). The van der Waals surface area contributed by atoms with Gasteiger partial charge in [-0.2, -0.15) is 0 Å². The SMILES string of the molecule is COC(=O)/C(=C\c1cc(F)cc(F)c1)NC(C)=O. The summed E-state index contributed by atoms with van der Waals surface area (Å²) in [6.45, 7) is 1.20. The Morgan fingerprint density at radius 1 is 1.22 bits per heavy atom. The van der Waals surface area contributed by atoms with Crippen LogP contribution in [0.25, 0.3) is 6.08 Å². The molecule has 0 saturated heterocycles. The molecule has 6 heteroatoms. The molecule has 0 aliphatic rings. The van der Waals surface area contributed by atoms with Crippen LogP contribution in [0.2, 0.25) is 0 Å². The molecule has 0 spiro atoms. The van der Waals surface area contributed by atoms with E-state index in [1.807, 2.05) is 0 Å². The first-order valence-corrected chi connectivity index (χ1v) is 4.96. The van der Waals surface area contributed by atoms with Crippen molar-refractivity contribution < 1.29 is 23.1 Å². The standard InChI is InChI=1S/C12H11F2NO3/c1-7(16)15-11(12(17)18-2)5-8-3-9(13)6-10(14)4-8/h3-6H,1-2H3,(H,15,16)/b11-5+. The molecule has 1 amide bonds. The van der Waals surface area contributed by atoms with Gasteiger partial charge in [-0.05, 0) is 23.8 Å². The average molecular weight is 255 g/mol. The van der Waals surface area contributed by atoms with E-state index in [9.17, 15) is 18.4 Å². The fraction of sp³-hybridized carbons (Fsp3) is 0.167. The van der Waals surface area contributed by atoms with Gasteiger partial charge in [0.25, 0.3) is 0 Å². The third kappa shape index (κ3) is 3.97. The molecule has 0 bridgehead atoms. The predicted molar refractivity (Wildman–Crippen MR) is 60.2 cm³/mol. The molecule has 1 N–H and O–H groups in total. The molecule has 0 heterocycles. The van der Waals surface area contributed by atoms with E-state index in [1.165, 1.54) is 6.92 Å². The zero-order valence-corrected chi connectivity index (χ0v) is 9.79. The van der Waals surface area contributed by atoms with Crippen molar-refractivity contribution >= 4 is 18.0 Å². The van der Waals surface area contributed by atoms with Crippen LogP contribution in [0.5, 0.6) is 0 Å². The minimum atomic E-state index is -0.810. The third-order valence-corrected chi connectivity index (χ3v) is 1.91. The van der Waals surface area contributed by atoms with Crippen molar-refractivity contribution in [1.82, 2.24) is 5.32 Å². The van der Waals surface area contributed by atoms with Crippen molar-refractivity contribution in [2.75, 3.05) is 7.11 Å². The summed E-state index contributed by atoms with van der Waals surface area (Å²) < 4.78 is 30.3. The van der Waals surface area contributed by atoms with Crippen molar-refractivity contribution in [3.05, 3.63) is 41.1 Å².